The van der Waals surface area contributed by atoms with E-state index in [-0.39, 0.29) is 16.2 Å². The fourth-order valence-corrected chi connectivity index (χ4v) is 9.31. The molecular formula is C27H42N2O3. The smallest absolute Gasteiger partial charge is 0.160 e. The quantitative estimate of drug-likeness (QED) is 0.706. The van der Waals surface area contributed by atoms with Crippen LogP contribution < -0.4 is 0 Å². The van der Waals surface area contributed by atoms with Gasteiger partial charge in [0.25, 0.3) is 0 Å². The fraction of sp³-hybridized carbons (Fsp3) is 0.852. The van der Waals surface area contributed by atoms with Gasteiger partial charge >= 0.3 is 0 Å². The van der Waals surface area contributed by atoms with E-state index in [0.29, 0.717) is 30.8 Å². The van der Waals surface area contributed by atoms with Gasteiger partial charge in [0.15, 0.2) is 5.78 Å². The number of fused-ring (bicyclic) bond motifs is 5. The molecule has 5 heteroatoms. The molecule has 1 heterocycles. The minimum Gasteiger partial charge on any atom is -0.387 e. The second kappa shape index (κ2) is 7.66. The van der Waals surface area contributed by atoms with Crippen molar-refractivity contribution in [2.75, 3.05) is 13.7 Å². The summed E-state index contributed by atoms with van der Waals surface area (Å²) in [6.07, 6.45) is 13.6. The molecule has 8 atom stereocenters. The number of rotatable bonds is 5. The first kappa shape index (κ1) is 22.6. The van der Waals surface area contributed by atoms with Gasteiger partial charge < -0.3 is 9.84 Å². The van der Waals surface area contributed by atoms with Crippen molar-refractivity contribution in [2.24, 2.45) is 39.9 Å². The maximum absolute atomic E-state index is 13.6. The van der Waals surface area contributed by atoms with Gasteiger partial charge in [-0.25, -0.2) is 0 Å². The molecule has 0 spiro atoms. The Hall–Kier alpha value is -1.20. The Morgan fingerprint density at radius 3 is 2.50 bits per heavy atom. The number of aliphatic hydroxyl groups is 1. The van der Waals surface area contributed by atoms with E-state index in [1.165, 1.54) is 25.7 Å². The van der Waals surface area contributed by atoms with E-state index in [1.807, 2.05) is 12.3 Å². The number of methoxy groups -OCH3 is 1. The molecule has 32 heavy (non-hydrogen) atoms. The molecule has 0 saturated heterocycles. The van der Waals surface area contributed by atoms with E-state index in [2.05, 4.69) is 25.9 Å². The lowest BCUT2D eigenvalue weighted by Gasteiger charge is -2.61. The van der Waals surface area contributed by atoms with Crippen molar-refractivity contribution in [3.8, 4) is 0 Å². The van der Waals surface area contributed by atoms with Crippen LogP contribution in [0.3, 0.4) is 0 Å². The summed E-state index contributed by atoms with van der Waals surface area (Å²) in [6, 6.07) is 1.90. The zero-order valence-electron chi connectivity index (χ0n) is 20.5. The molecule has 0 amide bonds. The Kier molecular flexibility index (Phi) is 5.41. The topological polar surface area (TPSA) is 64.3 Å². The van der Waals surface area contributed by atoms with Crippen LogP contribution in [0.1, 0.15) is 78.6 Å². The molecule has 4 fully saturated rings. The molecule has 178 valence electrons. The summed E-state index contributed by atoms with van der Waals surface area (Å²) in [6.45, 7) is 8.00. The molecule has 1 aromatic heterocycles. The molecule has 5 nitrogen and oxygen atoms in total. The zero-order valence-corrected chi connectivity index (χ0v) is 20.5. The van der Waals surface area contributed by atoms with Crippen molar-refractivity contribution in [3.63, 3.8) is 0 Å². The van der Waals surface area contributed by atoms with Crippen molar-refractivity contribution in [1.82, 2.24) is 9.78 Å². The minimum atomic E-state index is -0.652. The number of nitrogens with zero attached hydrogens (tertiary/aromatic N) is 2. The van der Waals surface area contributed by atoms with Gasteiger partial charge in [-0.15, -0.1) is 0 Å². The normalized spacial score (nSPS) is 48.0. The van der Waals surface area contributed by atoms with Gasteiger partial charge in [-0.3, -0.25) is 9.48 Å². The Morgan fingerprint density at radius 2 is 1.78 bits per heavy atom. The average molecular weight is 443 g/mol. The van der Waals surface area contributed by atoms with Crippen LogP contribution in [0.15, 0.2) is 18.5 Å². The minimum absolute atomic E-state index is 0.0948. The zero-order chi connectivity index (χ0) is 22.8. The van der Waals surface area contributed by atoms with Crippen LogP contribution in [0, 0.1) is 39.9 Å². The first-order valence-electron chi connectivity index (χ1n) is 12.9. The predicted molar refractivity (Wildman–Crippen MR) is 124 cm³/mol. The van der Waals surface area contributed by atoms with E-state index < -0.39 is 5.60 Å². The van der Waals surface area contributed by atoms with Crippen LogP contribution in [0.5, 0.6) is 0 Å². The summed E-state index contributed by atoms with van der Waals surface area (Å²) in [5.41, 5.74) is -0.586. The molecule has 0 radical (unpaired) electrons. The van der Waals surface area contributed by atoms with Crippen molar-refractivity contribution in [3.05, 3.63) is 18.5 Å². The molecule has 4 aliphatic rings. The molecule has 4 unspecified atom stereocenters. The highest BCUT2D eigenvalue weighted by atomic mass is 16.5. The summed E-state index contributed by atoms with van der Waals surface area (Å²) in [5, 5.41) is 15.4. The van der Waals surface area contributed by atoms with Gasteiger partial charge in [0.1, 0.15) is 6.54 Å². The maximum Gasteiger partial charge on any atom is 0.160 e. The second-order valence-electron chi connectivity index (χ2n) is 12.6. The average Bonchev–Trinajstić information content (AvgIpc) is 3.34. The number of carbonyl (C=O) groups is 1. The first-order chi connectivity index (χ1) is 15.1. The van der Waals surface area contributed by atoms with Crippen LogP contribution in [0.2, 0.25) is 0 Å². The summed E-state index contributed by atoms with van der Waals surface area (Å²) < 4.78 is 7.18. The maximum atomic E-state index is 13.6. The van der Waals surface area contributed by atoms with Crippen LogP contribution in [-0.4, -0.2) is 40.0 Å². The van der Waals surface area contributed by atoms with Crippen LogP contribution in [-0.2, 0) is 16.1 Å². The Balaban J connectivity index is 1.36. The lowest BCUT2D eigenvalue weighted by atomic mass is 9.44. The molecule has 0 aliphatic heterocycles. The Bertz CT molecular complexity index is 855. The lowest BCUT2D eigenvalue weighted by Crippen LogP contribution is -2.57. The first-order valence-corrected chi connectivity index (χ1v) is 12.9. The molecule has 1 N–H and O–H groups in total. The molecule has 0 aromatic carbocycles. The molecule has 4 saturated carbocycles. The number of carbonyl (C=O) groups excluding carboxylic acids is 1. The predicted octanol–water partition coefficient (Wildman–Crippen LogP) is 4.88. The van der Waals surface area contributed by atoms with Crippen molar-refractivity contribution < 1.29 is 14.6 Å². The number of hydrogen-bond donors (Lipinski definition) is 1. The SMILES string of the molecule is COC[C@@]1(O)CCC2[C@H]3CC[C@@]4(C)[C@@H](CCC4(C)C(=O)Cn4cccn4)C3CCC2(C)C1. The summed E-state index contributed by atoms with van der Waals surface area (Å²) in [5.74, 6) is 3.21. The molecular weight excluding hydrogens is 400 g/mol. The van der Waals surface area contributed by atoms with Crippen molar-refractivity contribution in [1.29, 1.82) is 0 Å². The van der Waals surface area contributed by atoms with E-state index in [1.54, 1.807) is 18.0 Å². The summed E-state index contributed by atoms with van der Waals surface area (Å²) in [7, 11) is 1.70. The van der Waals surface area contributed by atoms with Crippen LogP contribution >= 0.6 is 0 Å². The monoisotopic (exact) mass is 442 g/mol. The number of aromatic nitrogens is 2. The lowest BCUT2D eigenvalue weighted by molar-refractivity contribution is -0.166. The molecule has 1 aromatic rings. The second-order valence-corrected chi connectivity index (χ2v) is 12.6. The standard InChI is InChI=1S/C27H42N2O3/c1-24-10-6-20-19(21(24)9-13-27(31,17-24)18-32-4)7-11-25(2)22(20)8-12-26(25,3)23(30)16-29-15-5-14-28-29/h5,14-15,19-22,31H,6-13,16-18H2,1-4H3/t19-,20?,21?,22-,24?,25-,26?,27+/m0/s1. The third kappa shape index (κ3) is 3.25. The number of ether oxygens (including phenoxy) is 1. The van der Waals surface area contributed by atoms with Crippen LogP contribution in [0.25, 0.3) is 0 Å². The fourth-order valence-electron chi connectivity index (χ4n) is 9.31. The highest BCUT2D eigenvalue weighted by Crippen LogP contribution is 2.70. The third-order valence-electron chi connectivity index (χ3n) is 11.1. The Labute approximate surface area is 193 Å². The van der Waals surface area contributed by atoms with Crippen LogP contribution in [0.4, 0.5) is 0 Å². The summed E-state index contributed by atoms with van der Waals surface area (Å²) in [4.78, 5) is 13.6. The number of Topliss-reactive ketones (excluding diaryl/α,β-unsaturated/α-hetero) is 1. The van der Waals surface area contributed by atoms with Gasteiger partial charge in [0.05, 0.1) is 12.2 Å². The van der Waals surface area contributed by atoms with E-state index in [4.69, 9.17) is 4.74 Å². The molecule has 5 rings (SSSR count). The largest absolute Gasteiger partial charge is 0.387 e. The van der Waals surface area contributed by atoms with Gasteiger partial charge in [0.2, 0.25) is 0 Å². The van der Waals surface area contributed by atoms with Gasteiger partial charge in [-0.05, 0) is 98.4 Å². The van der Waals surface area contributed by atoms with Gasteiger partial charge in [-0.1, -0.05) is 20.8 Å². The highest BCUT2D eigenvalue weighted by Gasteiger charge is 2.65. The number of ketones is 1. The van der Waals surface area contributed by atoms with Gasteiger partial charge in [-0.2, -0.15) is 5.10 Å². The summed E-state index contributed by atoms with van der Waals surface area (Å²) >= 11 is 0. The van der Waals surface area contributed by atoms with E-state index >= 15 is 0 Å². The van der Waals surface area contributed by atoms with Gasteiger partial charge in [0, 0.05) is 24.9 Å². The molecule has 0 bridgehead atoms. The van der Waals surface area contributed by atoms with E-state index in [0.717, 1.165) is 43.9 Å². The van der Waals surface area contributed by atoms with E-state index in [9.17, 15) is 9.90 Å². The number of hydrogen-bond acceptors (Lipinski definition) is 4. The van der Waals surface area contributed by atoms with Crippen molar-refractivity contribution >= 4 is 5.78 Å². The molecule has 4 aliphatic carbocycles. The van der Waals surface area contributed by atoms with Crippen molar-refractivity contribution in [2.45, 2.75) is 90.7 Å². The highest BCUT2D eigenvalue weighted by molar-refractivity contribution is 5.85. The third-order valence-corrected chi connectivity index (χ3v) is 11.1. The Morgan fingerprint density at radius 1 is 1.06 bits per heavy atom.